The summed E-state index contributed by atoms with van der Waals surface area (Å²) in [6, 6.07) is 7.66. The van der Waals surface area contributed by atoms with E-state index in [2.05, 4.69) is 15.2 Å². The zero-order chi connectivity index (χ0) is 13.8. The fraction of sp³-hybridized carbons (Fsp3) is 0.429. The monoisotopic (exact) mass is 260 g/mol. The van der Waals surface area contributed by atoms with Gasteiger partial charge in [-0.1, -0.05) is 12.1 Å². The van der Waals surface area contributed by atoms with Crippen LogP contribution in [0.4, 0.5) is 0 Å². The van der Waals surface area contributed by atoms with Gasteiger partial charge in [-0.3, -0.25) is 9.79 Å². The summed E-state index contributed by atoms with van der Waals surface area (Å²) in [7, 11) is 5.54. The van der Waals surface area contributed by atoms with E-state index in [-0.39, 0.29) is 5.91 Å². The third-order valence-electron chi connectivity index (χ3n) is 3.12. The van der Waals surface area contributed by atoms with E-state index in [1.807, 2.05) is 31.3 Å². The summed E-state index contributed by atoms with van der Waals surface area (Å²) >= 11 is 0. The lowest BCUT2D eigenvalue weighted by Crippen LogP contribution is -2.35. The van der Waals surface area contributed by atoms with Crippen molar-refractivity contribution in [1.82, 2.24) is 15.1 Å². The predicted octanol–water partition coefficient (Wildman–Crippen LogP) is 0.779. The maximum absolute atomic E-state index is 11.8. The van der Waals surface area contributed by atoms with Crippen molar-refractivity contribution < 1.29 is 4.79 Å². The molecule has 1 heterocycles. The topological polar surface area (TPSA) is 47.9 Å². The number of rotatable bonds is 3. The Bertz CT molecular complexity index is 479. The highest BCUT2D eigenvalue weighted by Gasteiger charge is 2.11. The molecule has 1 aromatic rings. The Morgan fingerprint density at radius 2 is 2.05 bits per heavy atom. The average Bonchev–Trinajstić information content (AvgIpc) is 2.81. The molecular weight excluding hydrogens is 240 g/mol. The van der Waals surface area contributed by atoms with E-state index in [4.69, 9.17) is 0 Å². The molecule has 0 radical (unpaired) electrons. The van der Waals surface area contributed by atoms with Crippen LogP contribution in [0.2, 0.25) is 0 Å². The van der Waals surface area contributed by atoms with E-state index >= 15 is 0 Å². The lowest BCUT2D eigenvalue weighted by molar-refractivity contribution is 0.0827. The van der Waals surface area contributed by atoms with Crippen molar-refractivity contribution in [3.05, 3.63) is 35.4 Å². The number of nitrogens with one attached hydrogen (secondary N) is 1. The molecule has 1 aliphatic heterocycles. The number of hydrogen-bond donors (Lipinski definition) is 1. The number of carbonyl (C=O) groups excluding carboxylic acids is 1. The Labute approximate surface area is 113 Å². The van der Waals surface area contributed by atoms with E-state index in [0.717, 1.165) is 31.2 Å². The first kappa shape index (κ1) is 13.4. The summed E-state index contributed by atoms with van der Waals surface area (Å²) in [4.78, 5) is 19.8. The van der Waals surface area contributed by atoms with E-state index in [1.165, 1.54) is 0 Å². The summed E-state index contributed by atoms with van der Waals surface area (Å²) in [5.41, 5.74) is 1.85. The molecule has 0 unspecified atom stereocenters. The molecule has 2 rings (SSSR count). The lowest BCUT2D eigenvalue weighted by atomic mass is 10.1. The molecule has 0 aliphatic carbocycles. The number of benzene rings is 1. The maximum atomic E-state index is 11.8. The zero-order valence-corrected chi connectivity index (χ0v) is 11.7. The van der Waals surface area contributed by atoms with Gasteiger partial charge in [-0.25, -0.2) is 0 Å². The molecular formula is C14H20N4O. The molecule has 1 aromatic carbocycles. The van der Waals surface area contributed by atoms with E-state index in [1.54, 1.807) is 19.0 Å². The van der Waals surface area contributed by atoms with Gasteiger partial charge in [0.25, 0.3) is 5.91 Å². The fourth-order valence-electron chi connectivity index (χ4n) is 1.93. The van der Waals surface area contributed by atoms with Crippen LogP contribution in [0.15, 0.2) is 29.3 Å². The summed E-state index contributed by atoms with van der Waals surface area (Å²) in [6.07, 6.45) is 0. The minimum absolute atomic E-state index is 0.0272. The number of likely N-dealkylation sites (N-methyl/N-ethyl adjacent to an activating group) is 1. The van der Waals surface area contributed by atoms with Crippen molar-refractivity contribution in [3.63, 3.8) is 0 Å². The van der Waals surface area contributed by atoms with Crippen LogP contribution < -0.4 is 5.32 Å². The lowest BCUT2D eigenvalue weighted by Gasteiger charge is -2.15. The molecule has 0 atom stereocenters. The van der Waals surface area contributed by atoms with Gasteiger partial charge in [-0.15, -0.1) is 0 Å². The van der Waals surface area contributed by atoms with Crippen LogP contribution in [-0.4, -0.2) is 55.9 Å². The number of nitrogens with zero attached hydrogens (tertiary/aromatic N) is 3. The Balaban J connectivity index is 1.94. The van der Waals surface area contributed by atoms with Crippen LogP contribution in [-0.2, 0) is 6.54 Å². The molecule has 0 saturated carbocycles. The molecule has 1 amide bonds. The van der Waals surface area contributed by atoms with Crippen LogP contribution in [0.5, 0.6) is 0 Å². The predicted molar refractivity (Wildman–Crippen MR) is 76.2 cm³/mol. The Morgan fingerprint density at radius 3 is 2.58 bits per heavy atom. The number of hydrogen-bond acceptors (Lipinski definition) is 4. The van der Waals surface area contributed by atoms with Crippen LogP contribution >= 0.6 is 0 Å². The second kappa shape index (κ2) is 5.73. The summed E-state index contributed by atoms with van der Waals surface area (Å²) < 4.78 is 0. The fourth-order valence-corrected chi connectivity index (χ4v) is 1.93. The highest BCUT2D eigenvalue weighted by atomic mass is 16.2. The van der Waals surface area contributed by atoms with Crippen molar-refractivity contribution in [2.45, 2.75) is 6.54 Å². The van der Waals surface area contributed by atoms with Crippen LogP contribution in [0, 0.1) is 0 Å². The molecule has 1 aliphatic rings. The van der Waals surface area contributed by atoms with Crippen LogP contribution in [0.25, 0.3) is 0 Å². The number of carbonyl (C=O) groups is 1. The second-order valence-electron chi connectivity index (χ2n) is 4.88. The number of aliphatic imine (C=N–C) groups is 1. The van der Waals surface area contributed by atoms with Crippen molar-refractivity contribution in [3.8, 4) is 0 Å². The highest BCUT2D eigenvalue weighted by Crippen LogP contribution is 2.07. The Morgan fingerprint density at radius 1 is 1.37 bits per heavy atom. The zero-order valence-electron chi connectivity index (χ0n) is 11.7. The van der Waals surface area contributed by atoms with Gasteiger partial charge >= 0.3 is 0 Å². The van der Waals surface area contributed by atoms with Gasteiger partial charge in [-0.05, 0) is 17.7 Å². The Hall–Kier alpha value is -2.04. The van der Waals surface area contributed by atoms with Crippen LogP contribution in [0.1, 0.15) is 15.9 Å². The molecule has 5 heteroatoms. The Kier molecular flexibility index (Phi) is 4.04. The van der Waals surface area contributed by atoms with Crippen molar-refractivity contribution >= 4 is 11.9 Å². The van der Waals surface area contributed by atoms with Gasteiger partial charge < -0.3 is 15.1 Å². The summed E-state index contributed by atoms with van der Waals surface area (Å²) in [5, 5.41) is 3.30. The van der Waals surface area contributed by atoms with E-state index in [9.17, 15) is 4.79 Å². The molecule has 0 bridgehead atoms. The minimum atomic E-state index is 0.0272. The normalized spacial score (nSPS) is 14.3. The molecule has 0 aromatic heterocycles. The van der Waals surface area contributed by atoms with Gasteiger partial charge in [-0.2, -0.15) is 0 Å². The first-order valence-electron chi connectivity index (χ1n) is 6.38. The quantitative estimate of drug-likeness (QED) is 0.873. The molecule has 1 N–H and O–H groups in total. The van der Waals surface area contributed by atoms with Gasteiger partial charge in [0.2, 0.25) is 0 Å². The van der Waals surface area contributed by atoms with Crippen molar-refractivity contribution in [1.29, 1.82) is 0 Å². The summed E-state index contributed by atoms with van der Waals surface area (Å²) in [5.74, 6) is 0.966. The van der Waals surface area contributed by atoms with Gasteiger partial charge in [0.05, 0.1) is 6.54 Å². The van der Waals surface area contributed by atoms with Gasteiger partial charge in [0, 0.05) is 39.8 Å². The molecule has 5 nitrogen and oxygen atoms in total. The molecule has 0 spiro atoms. The van der Waals surface area contributed by atoms with E-state index in [0.29, 0.717) is 5.56 Å². The molecule has 102 valence electrons. The second-order valence-corrected chi connectivity index (χ2v) is 4.88. The number of amides is 1. The summed E-state index contributed by atoms with van der Waals surface area (Å²) in [6.45, 7) is 2.55. The van der Waals surface area contributed by atoms with Crippen molar-refractivity contribution in [2.24, 2.45) is 4.99 Å². The first-order valence-corrected chi connectivity index (χ1v) is 6.38. The molecule has 0 saturated heterocycles. The molecule has 19 heavy (non-hydrogen) atoms. The van der Waals surface area contributed by atoms with Gasteiger partial charge in [0.15, 0.2) is 5.96 Å². The third kappa shape index (κ3) is 3.24. The average molecular weight is 260 g/mol. The largest absolute Gasteiger partial charge is 0.352 e. The van der Waals surface area contributed by atoms with Gasteiger partial charge in [0.1, 0.15) is 0 Å². The third-order valence-corrected chi connectivity index (χ3v) is 3.12. The maximum Gasteiger partial charge on any atom is 0.253 e. The number of guanidine groups is 1. The molecule has 0 fully saturated rings. The smallest absolute Gasteiger partial charge is 0.253 e. The standard InChI is InChI=1S/C14H20N4O/c1-17(2)13(19)12-6-4-11(5-7-12)10-16-14-15-8-9-18(14)3/h4-7H,8-10H2,1-3H3,(H,15,16). The first-order chi connectivity index (χ1) is 9.08. The van der Waals surface area contributed by atoms with Crippen LogP contribution in [0.3, 0.4) is 0 Å². The minimum Gasteiger partial charge on any atom is -0.352 e. The van der Waals surface area contributed by atoms with Crippen molar-refractivity contribution in [2.75, 3.05) is 34.2 Å². The SMILES string of the molecule is CN(C)C(=O)c1ccc(CNC2=NCCN2C)cc1. The highest BCUT2D eigenvalue weighted by molar-refractivity contribution is 5.93. The van der Waals surface area contributed by atoms with E-state index < -0.39 is 0 Å².